The highest BCUT2D eigenvalue weighted by Crippen LogP contribution is 2.30. The van der Waals surface area contributed by atoms with Gasteiger partial charge in [-0.1, -0.05) is 24.3 Å². The van der Waals surface area contributed by atoms with E-state index in [0.29, 0.717) is 11.6 Å². The number of carbonyl (C=O) groups excluding carboxylic acids is 1. The molecule has 35 heavy (non-hydrogen) atoms. The minimum absolute atomic E-state index is 0.0852. The molecule has 2 atom stereocenters. The van der Waals surface area contributed by atoms with Gasteiger partial charge in [-0.3, -0.25) is 4.79 Å². The lowest BCUT2D eigenvalue weighted by atomic mass is 10.0. The zero-order chi connectivity index (χ0) is 24.2. The maximum Gasteiger partial charge on any atom is 0.252 e. The molecule has 5 rings (SSSR count). The van der Waals surface area contributed by atoms with Crippen molar-refractivity contribution >= 4 is 17.2 Å². The number of aryl methyl sites for hydroxylation is 1. The van der Waals surface area contributed by atoms with Gasteiger partial charge in [-0.2, -0.15) is 0 Å². The molecule has 6 nitrogen and oxygen atoms in total. The van der Waals surface area contributed by atoms with Crippen LogP contribution in [0.4, 0.5) is 0 Å². The number of nitrogens with one attached hydrogen (secondary N) is 3. The molecular weight excluding hydrogens is 458 g/mol. The number of benzene rings is 2. The lowest BCUT2D eigenvalue weighted by Gasteiger charge is -2.28. The van der Waals surface area contributed by atoms with Crippen molar-refractivity contribution in [2.24, 2.45) is 0 Å². The molecule has 2 aromatic carbocycles. The first-order valence-electron chi connectivity index (χ1n) is 12.3. The average molecular weight is 492 g/mol. The Bertz CT molecular complexity index is 1170. The number of rotatable bonds is 9. The molecule has 0 spiro atoms. The van der Waals surface area contributed by atoms with E-state index in [1.54, 1.807) is 11.3 Å². The molecule has 2 aliphatic heterocycles. The van der Waals surface area contributed by atoms with Crippen LogP contribution < -0.4 is 20.7 Å². The van der Waals surface area contributed by atoms with Crippen LogP contribution in [0.25, 0.3) is 10.4 Å². The normalized spacial score (nSPS) is 18.7. The quantitative estimate of drug-likeness (QED) is 0.413. The lowest BCUT2D eigenvalue weighted by molar-refractivity contribution is 0.0937. The predicted molar refractivity (Wildman–Crippen MR) is 140 cm³/mol. The number of amides is 1. The monoisotopic (exact) mass is 491 g/mol. The second kappa shape index (κ2) is 10.9. The van der Waals surface area contributed by atoms with Crippen molar-refractivity contribution in [3.8, 4) is 16.2 Å². The lowest BCUT2D eigenvalue weighted by Crippen LogP contribution is -2.50. The molecule has 1 amide bonds. The van der Waals surface area contributed by atoms with E-state index in [4.69, 9.17) is 9.47 Å². The molecular formula is C28H33N3O3S. The Labute approximate surface area is 211 Å². The third-order valence-electron chi connectivity index (χ3n) is 6.68. The minimum atomic E-state index is -0.120. The zero-order valence-electron chi connectivity index (χ0n) is 20.3. The van der Waals surface area contributed by atoms with E-state index in [2.05, 4.69) is 52.3 Å². The molecule has 1 aromatic heterocycles. The van der Waals surface area contributed by atoms with Crippen LogP contribution in [0.3, 0.4) is 0 Å². The highest BCUT2D eigenvalue weighted by Gasteiger charge is 2.20. The van der Waals surface area contributed by atoms with Crippen molar-refractivity contribution in [2.45, 2.75) is 45.0 Å². The molecule has 1 unspecified atom stereocenters. The van der Waals surface area contributed by atoms with Crippen LogP contribution in [0.15, 0.2) is 54.6 Å². The Hall–Kier alpha value is -2.71. The third-order valence-corrected chi connectivity index (χ3v) is 7.81. The van der Waals surface area contributed by atoms with Gasteiger partial charge in [0.1, 0.15) is 11.9 Å². The van der Waals surface area contributed by atoms with Crippen LogP contribution in [-0.4, -0.2) is 44.4 Å². The molecule has 2 aliphatic rings. The first-order chi connectivity index (χ1) is 17.0. The summed E-state index contributed by atoms with van der Waals surface area (Å²) < 4.78 is 11.4. The third kappa shape index (κ3) is 5.93. The number of carbonyl (C=O) groups is 1. The Balaban J connectivity index is 1.23. The molecule has 184 valence electrons. The summed E-state index contributed by atoms with van der Waals surface area (Å²) in [5.41, 5.74) is 3.84. The number of ether oxygens (including phenoxy) is 2. The number of hydrogen-bond donors (Lipinski definition) is 3. The van der Waals surface area contributed by atoms with Gasteiger partial charge < -0.3 is 25.4 Å². The van der Waals surface area contributed by atoms with Gasteiger partial charge in [0.25, 0.3) is 5.91 Å². The summed E-state index contributed by atoms with van der Waals surface area (Å²) in [6.45, 7) is 8.20. The van der Waals surface area contributed by atoms with Gasteiger partial charge >= 0.3 is 0 Å². The molecule has 3 heterocycles. The van der Waals surface area contributed by atoms with E-state index >= 15 is 0 Å². The second-order valence-corrected chi connectivity index (χ2v) is 10.6. The Morgan fingerprint density at radius 1 is 1.20 bits per heavy atom. The maximum absolute atomic E-state index is 13.1. The van der Waals surface area contributed by atoms with Gasteiger partial charge in [0.15, 0.2) is 0 Å². The molecule has 0 radical (unpaired) electrons. The van der Waals surface area contributed by atoms with Crippen molar-refractivity contribution in [2.75, 3.05) is 26.3 Å². The first kappa shape index (κ1) is 24.0. The molecule has 0 bridgehead atoms. The Morgan fingerprint density at radius 3 is 2.86 bits per heavy atom. The van der Waals surface area contributed by atoms with Crippen LogP contribution >= 0.6 is 11.3 Å². The van der Waals surface area contributed by atoms with Crippen LogP contribution in [0.1, 0.15) is 45.7 Å². The number of hydrogen-bond acceptors (Lipinski definition) is 6. The van der Waals surface area contributed by atoms with Crippen molar-refractivity contribution in [3.05, 3.63) is 76.2 Å². The average Bonchev–Trinajstić information content (AvgIpc) is 3.53. The van der Waals surface area contributed by atoms with Gasteiger partial charge in [-0.15, -0.1) is 11.3 Å². The van der Waals surface area contributed by atoms with Crippen molar-refractivity contribution in [3.63, 3.8) is 0 Å². The van der Waals surface area contributed by atoms with Crippen molar-refractivity contribution in [1.29, 1.82) is 0 Å². The highest BCUT2D eigenvalue weighted by atomic mass is 32.1. The molecule has 3 aromatic rings. The Kier molecular flexibility index (Phi) is 7.48. The standard InChI is InChI=1S/C28H33N3O3S/c1-18-6-7-23(34-24-14-29-15-24)13-26(18)28(32)31-19(2)20-4-3-5-21(12-20)27-9-8-25(35-27)16-30-22-10-11-33-17-22/h3-9,12-13,19,22,24,29-30H,10-11,14-17H2,1-2H3,(H,31,32)/t19?,22-/m1/s1. The van der Waals surface area contributed by atoms with Crippen molar-refractivity contribution in [1.82, 2.24) is 16.0 Å². The molecule has 2 saturated heterocycles. The highest BCUT2D eigenvalue weighted by molar-refractivity contribution is 7.15. The summed E-state index contributed by atoms with van der Waals surface area (Å²) in [6, 6.07) is 18.9. The fourth-order valence-corrected chi connectivity index (χ4v) is 5.30. The fraction of sp³-hybridized carbons (Fsp3) is 0.393. The summed E-state index contributed by atoms with van der Waals surface area (Å²) in [7, 11) is 0. The SMILES string of the molecule is Cc1ccc(OC2CNC2)cc1C(=O)NC(C)c1cccc(-c2ccc(CN[C@@H]3CCOC3)s2)c1. The van der Waals surface area contributed by atoms with E-state index in [0.717, 1.165) is 56.1 Å². The van der Waals surface area contributed by atoms with E-state index in [9.17, 15) is 4.79 Å². The van der Waals surface area contributed by atoms with Crippen LogP contribution in [0.5, 0.6) is 5.75 Å². The molecule has 0 aliphatic carbocycles. The first-order valence-corrected chi connectivity index (χ1v) is 13.2. The maximum atomic E-state index is 13.1. The van der Waals surface area contributed by atoms with E-state index < -0.39 is 0 Å². The van der Waals surface area contributed by atoms with Gasteiger partial charge in [-0.25, -0.2) is 0 Å². The summed E-state index contributed by atoms with van der Waals surface area (Å²) in [5, 5.41) is 9.95. The fourth-order valence-electron chi connectivity index (χ4n) is 4.34. The largest absolute Gasteiger partial charge is 0.488 e. The molecule has 3 N–H and O–H groups in total. The van der Waals surface area contributed by atoms with Gasteiger partial charge in [0.05, 0.1) is 12.6 Å². The van der Waals surface area contributed by atoms with Crippen LogP contribution in [0, 0.1) is 6.92 Å². The summed E-state index contributed by atoms with van der Waals surface area (Å²) in [5.74, 6) is 0.656. The summed E-state index contributed by atoms with van der Waals surface area (Å²) >= 11 is 1.81. The predicted octanol–water partition coefficient (Wildman–Crippen LogP) is 4.44. The van der Waals surface area contributed by atoms with Crippen molar-refractivity contribution < 1.29 is 14.3 Å². The van der Waals surface area contributed by atoms with E-state index in [-0.39, 0.29) is 18.1 Å². The van der Waals surface area contributed by atoms with Gasteiger partial charge in [0, 0.05) is 47.6 Å². The van der Waals surface area contributed by atoms with Crippen LogP contribution in [-0.2, 0) is 11.3 Å². The second-order valence-electron chi connectivity index (χ2n) is 9.40. The molecule has 7 heteroatoms. The van der Waals surface area contributed by atoms with Gasteiger partial charge in [-0.05, 0) is 67.3 Å². The smallest absolute Gasteiger partial charge is 0.252 e. The minimum Gasteiger partial charge on any atom is -0.488 e. The summed E-state index contributed by atoms with van der Waals surface area (Å²) in [4.78, 5) is 15.7. The topological polar surface area (TPSA) is 71.6 Å². The number of thiophene rings is 1. The molecule has 2 fully saturated rings. The molecule has 0 saturated carbocycles. The van der Waals surface area contributed by atoms with E-state index in [1.807, 2.05) is 32.0 Å². The zero-order valence-corrected chi connectivity index (χ0v) is 21.1. The summed E-state index contributed by atoms with van der Waals surface area (Å²) in [6.07, 6.45) is 1.26. The van der Waals surface area contributed by atoms with E-state index in [1.165, 1.54) is 15.3 Å². The van der Waals surface area contributed by atoms with Crippen LogP contribution in [0.2, 0.25) is 0 Å². The van der Waals surface area contributed by atoms with Gasteiger partial charge in [0.2, 0.25) is 0 Å². The Morgan fingerprint density at radius 2 is 2.09 bits per heavy atom.